The highest BCUT2D eigenvalue weighted by molar-refractivity contribution is 5.81. The lowest BCUT2D eigenvalue weighted by atomic mass is 10.1. The van der Waals surface area contributed by atoms with E-state index in [1.54, 1.807) is 0 Å². The maximum absolute atomic E-state index is 12.1. The maximum atomic E-state index is 12.1. The van der Waals surface area contributed by atoms with Crippen molar-refractivity contribution < 1.29 is 9.47 Å². The third kappa shape index (κ3) is 2.73. The Balaban J connectivity index is 1.47. The fraction of sp³-hybridized carbons (Fsp3) is 0.167. The summed E-state index contributed by atoms with van der Waals surface area (Å²) < 4.78 is 10.7. The fourth-order valence-electron chi connectivity index (χ4n) is 2.72. The lowest BCUT2D eigenvalue weighted by Crippen LogP contribution is -2.15. The molecule has 1 aliphatic rings. The molecule has 5 nitrogen and oxygen atoms in total. The summed E-state index contributed by atoms with van der Waals surface area (Å²) in [5.41, 5.74) is 2.47. The van der Waals surface area contributed by atoms with Crippen molar-refractivity contribution in [2.24, 2.45) is 0 Å². The molecule has 1 aliphatic heterocycles. The number of ether oxygens (including phenoxy) is 2. The van der Waals surface area contributed by atoms with Crippen LogP contribution < -0.4 is 20.3 Å². The van der Waals surface area contributed by atoms with E-state index in [2.05, 4.69) is 10.3 Å². The van der Waals surface area contributed by atoms with Crippen LogP contribution in [0.25, 0.3) is 10.9 Å². The first-order valence-electron chi connectivity index (χ1n) is 7.54. The van der Waals surface area contributed by atoms with Crippen LogP contribution in [0, 0.1) is 0 Å². The molecule has 0 bridgehead atoms. The molecule has 2 N–H and O–H groups in total. The molecular weight excluding hydrogens is 292 g/mol. The van der Waals surface area contributed by atoms with Crippen molar-refractivity contribution >= 4 is 16.6 Å². The molecule has 0 aliphatic carbocycles. The van der Waals surface area contributed by atoms with Crippen molar-refractivity contribution in [3.8, 4) is 11.5 Å². The van der Waals surface area contributed by atoms with E-state index in [1.165, 1.54) is 0 Å². The van der Waals surface area contributed by atoms with Crippen LogP contribution in [0.5, 0.6) is 11.5 Å². The summed E-state index contributed by atoms with van der Waals surface area (Å²) in [5.74, 6) is 1.57. The van der Waals surface area contributed by atoms with Gasteiger partial charge in [-0.15, -0.1) is 0 Å². The van der Waals surface area contributed by atoms with E-state index in [0.717, 1.165) is 34.4 Å². The largest absolute Gasteiger partial charge is 0.454 e. The summed E-state index contributed by atoms with van der Waals surface area (Å²) in [5, 5.41) is 4.22. The number of hydrogen-bond acceptors (Lipinski definition) is 4. The van der Waals surface area contributed by atoms with Crippen molar-refractivity contribution in [1.82, 2.24) is 4.98 Å². The van der Waals surface area contributed by atoms with Crippen LogP contribution in [0.1, 0.15) is 5.56 Å². The number of aromatic amines is 1. The molecule has 0 saturated carbocycles. The van der Waals surface area contributed by atoms with Crippen LogP contribution in [0.4, 0.5) is 5.69 Å². The molecule has 5 heteroatoms. The Kier molecular flexibility index (Phi) is 3.38. The Morgan fingerprint density at radius 3 is 2.87 bits per heavy atom. The SMILES string of the molecule is O=c1[nH]c2ccccc2cc1NCCc1ccc2c(c1)OCO2. The highest BCUT2D eigenvalue weighted by atomic mass is 16.7. The quantitative estimate of drug-likeness (QED) is 0.778. The van der Waals surface area contributed by atoms with Crippen molar-refractivity contribution in [3.63, 3.8) is 0 Å². The minimum atomic E-state index is -0.102. The second kappa shape index (κ2) is 5.68. The van der Waals surface area contributed by atoms with E-state index in [9.17, 15) is 4.79 Å². The number of rotatable bonds is 4. The third-order valence-electron chi connectivity index (χ3n) is 3.92. The van der Waals surface area contributed by atoms with Crippen LogP contribution in [0.15, 0.2) is 53.3 Å². The molecule has 0 spiro atoms. The average Bonchev–Trinajstić information content (AvgIpc) is 3.03. The predicted molar refractivity (Wildman–Crippen MR) is 89.3 cm³/mol. The topological polar surface area (TPSA) is 63.4 Å². The summed E-state index contributed by atoms with van der Waals surface area (Å²) in [6, 6.07) is 15.5. The van der Waals surface area contributed by atoms with Gasteiger partial charge in [-0.2, -0.15) is 0 Å². The number of nitrogens with one attached hydrogen (secondary N) is 2. The minimum Gasteiger partial charge on any atom is -0.454 e. The van der Waals surface area contributed by atoms with Gasteiger partial charge in [-0.05, 0) is 36.2 Å². The standard InChI is InChI=1S/C18H16N2O3/c21-18-15(10-13-3-1-2-4-14(13)20-18)19-8-7-12-5-6-16-17(9-12)23-11-22-16/h1-6,9-10,19H,7-8,11H2,(H,20,21). The summed E-state index contributed by atoms with van der Waals surface area (Å²) in [4.78, 5) is 15.0. The lowest BCUT2D eigenvalue weighted by molar-refractivity contribution is 0.174. The van der Waals surface area contributed by atoms with Gasteiger partial charge in [0.05, 0.1) is 0 Å². The summed E-state index contributed by atoms with van der Waals surface area (Å²) in [6.45, 7) is 0.949. The summed E-state index contributed by atoms with van der Waals surface area (Å²) in [6.07, 6.45) is 0.795. The van der Waals surface area contributed by atoms with Crippen LogP contribution >= 0.6 is 0 Å². The van der Waals surface area contributed by atoms with Gasteiger partial charge in [-0.1, -0.05) is 24.3 Å². The zero-order chi connectivity index (χ0) is 15.6. The fourth-order valence-corrected chi connectivity index (χ4v) is 2.72. The molecule has 0 radical (unpaired) electrons. The van der Waals surface area contributed by atoms with E-state index in [-0.39, 0.29) is 12.4 Å². The molecule has 23 heavy (non-hydrogen) atoms. The van der Waals surface area contributed by atoms with E-state index >= 15 is 0 Å². The Hall–Kier alpha value is -2.95. The molecule has 0 saturated heterocycles. The van der Waals surface area contributed by atoms with Gasteiger partial charge in [0.1, 0.15) is 5.69 Å². The zero-order valence-corrected chi connectivity index (χ0v) is 12.5. The smallest absolute Gasteiger partial charge is 0.271 e. The first-order valence-corrected chi connectivity index (χ1v) is 7.54. The Morgan fingerprint density at radius 2 is 1.91 bits per heavy atom. The first-order chi connectivity index (χ1) is 11.3. The van der Waals surface area contributed by atoms with E-state index in [0.29, 0.717) is 12.2 Å². The third-order valence-corrected chi connectivity index (χ3v) is 3.92. The van der Waals surface area contributed by atoms with Gasteiger partial charge in [0.25, 0.3) is 5.56 Å². The number of aromatic nitrogens is 1. The Labute approximate surface area is 132 Å². The Morgan fingerprint density at radius 1 is 1.04 bits per heavy atom. The van der Waals surface area contributed by atoms with Gasteiger partial charge in [0.15, 0.2) is 11.5 Å². The molecule has 1 aromatic heterocycles. The monoisotopic (exact) mass is 308 g/mol. The normalized spacial score (nSPS) is 12.5. The van der Waals surface area contributed by atoms with Gasteiger partial charge in [-0.3, -0.25) is 4.79 Å². The predicted octanol–water partition coefficient (Wildman–Crippen LogP) is 2.91. The van der Waals surface area contributed by atoms with Crippen molar-refractivity contribution in [1.29, 1.82) is 0 Å². The molecule has 116 valence electrons. The molecule has 2 heterocycles. The zero-order valence-electron chi connectivity index (χ0n) is 12.5. The lowest BCUT2D eigenvalue weighted by Gasteiger charge is -2.07. The van der Waals surface area contributed by atoms with Crippen molar-refractivity contribution in [3.05, 3.63) is 64.4 Å². The van der Waals surface area contributed by atoms with E-state index in [1.807, 2.05) is 48.5 Å². The Bertz CT molecular complexity index is 918. The number of H-pyrrole nitrogens is 1. The van der Waals surface area contributed by atoms with Gasteiger partial charge in [0, 0.05) is 17.4 Å². The number of fused-ring (bicyclic) bond motifs is 2. The van der Waals surface area contributed by atoms with Crippen molar-refractivity contribution in [2.45, 2.75) is 6.42 Å². The summed E-state index contributed by atoms with van der Waals surface area (Å²) in [7, 11) is 0. The molecule has 0 unspecified atom stereocenters. The van der Waals surface area contributed by atoms with Crippen molar-refractivity contribution in [2.75, 3.05) is 18.7 Å². The average molecular weight is 308 g/mol. The molecule has 0 fully saturated rings. The van der Waals surface area contributed by atoms with Crippen LogP contribution in [0.2, 0.25) is 0 Å². The van der Waals surface area contributed by atoms with Gasteiger partial charge in [-0.25, -0.2) is 0 Å². The highest BCUT2D eigenvalue weighted by Crippen LogP contribution is 2.32. The van der Waals surface area contributed by atoms with E-state index < -0.39 is 0 Å². The minimum absolute atomic E-state index is 0.102. The van der Waals surface area contributed by atoms with Gasteiger partial charge >= 0.3 is 0 Å². The number of para-hydroxylation sites is 1. The first kappa shape index (κ1) is 13.7. The maximum Gasteiger partial charge on any atom is 0.271 e. The van der Waals surface area contributed by atoms with Gasteiger partial charge in [0.2, 0.25) is 6.79 Å². The molecular formula is C18H16N2O3. The second-order valence-corrected chi connectivity index (χ2v) is 5.46. The highest BCUT2D eigenvalue weighted by Gasteiger charge is 2.13. The van der Waals surface area contributed by atoms with Crippen LogP contribution in [-0.2, 0) is 6.42 Å². The number of pyridine rings is 1. The molecule has 0 amide bonds. The molecule has 0 atom stereocenters. The van der Waals surface area contributed by atoms with E-state index in [4.69, 9.17) is 9.47 Å². The van der Waals surface area contributed by atoms with Gasteiger partial charge < -0.3 is 19.8 Å². The molecule has 4 rings (SSSR count). The number of hydrogen-bond donors (Lipinski definition) is 2. The number of anilines is 1. The molecule has 2 aromatic carbocycles. The second-order valence-electron chi connectivity index (χ2n) is 5.46. The molecule has 3 aromatic rings. The van der Waals surface area contributed by atoms with Crippen LogP contribution in [0.3, 0.4) is 0 Å². The summed E-state index contributed by atoms with van der Waals surface area (Å²) >= 11 is 0. The number of benzene rings is 2. The van der Waals surface area contributed by atoms with Crippen LogP contribution in [-0.4, -0.2) is 18.3 Å².